The molecule has 0 spiro atoms. The summed E-state index contributed by atoms with van der Waals surface area (Å²) >= 11 is 0. The van der Waals surface area contributed by atoms with Crippen LogP contribution in [0, 0.1) is 46.3 Å². The van der Waals surface area contributed by atoms with Crippen LogP contribution in [-0.2, 0) is 23.8 Å². The van der Waals surface area contributed by atoms with Crippen molar-refractivity contribution in [2.24, 2.45) is 51.3 Å². The second-order valence-electron chi connectivity index (χ2n) is 15.6. The Morgan fingerprint density at radius 2 is 1.89 bits per heavy atom. The predicted molar refractivity (Wildman–Crippen MR) is 165 cm³/mol. The number of nitrogens with zero attached hydrogens (tertiary/aromatic N) is 1. The topological polar surface area (TPSA) is 155 Å². The summed E-state index contributed by atoms with van der Waals surface area (Å²) in [7, 11) is 0. The number of allylic oxidation sites excluding steroid dienone is 1. The number of carbonyl (C=O) groups is 2. The Bertz CT molecular complexity index is 1220. The maximum absolute atomic E-state index is 12.7. The minimum atomic E-state index is -1.45. The molecule has 3 saturated carbocycles. The second-order valence-corrected chi connectivity index (χ2v) is 15.6. The van der Waals surface area contributed by atoms with Crippen LogP contribution in [0.3, 0.4) is 0 Å². The fraction of sp³-hybridized carbons (Fsp3) is 0.857. The van der Waals surface area contributed by atoms with Crippen LogP contribution >= 0.6 is 0 Å². The van der Waals surface area contributed by atoms with Crippen molar-refractivity contribution in [2.45, 2.75) is 129 Å². The van der Waals surface area contributed by atoms with E-state index in [0.717, 1.165) is 44.2 Å². The fourth-order valence-corrected chi connectivity index (χ4v) is 10.6. The number of Topliss-reactive ketones (excluding diaryl/α,β-unsaturated/α-hetero) is 1. The third-order valence-electron chi connectivity index (χ3n) is 13.2. The standard InChI is InChI=1S/C35H53NO9/c1-17-15-36-25(14-26(17)39)18(2)29-27(43-19(3)38)13-24-22-7-6-20-12-21(8-10-34(20,4)23(22)9-11-35(24,29)5)44-33-32(42)31(41)30(40)28(16-37)45-33/h6,17-18,21-24,27-33,37,40-42H,7-16H2,1-5H3/t17?,18-,21+,22-,23+,24+,27-,28-,29+,30-,31+,32-,33-,34+,35+/m1/s1. The van der Waals surface area contributed by atoms with E-state index >= 15 is 0 Å². The number of hydrogen-bond acceptors (Lipinski definition) is 10. The third-order valence-corrected chi connectivity index (χ3v) is 13.2. The number of fused-ring (bicyclic) bond motifs is 5. The highest BCUT2D eigenvalue weighted by molar-refractivity contribution is 6.05. The highest BCUT2D eigenvalue weighted by atomic mass is 16.7. The number of aliphatic imine (C=N–C) groups is 1. The summed E-state index contributed by atoms with van der Waals surface area (Å²) < 4.78 is 17.9. The molecule has 0 radical (unpaired) electrons. The summed E-state index contributed by atoms with van der Waals surface area (Å²) in [6.45, 7) is 10.5. The SMILES string of the molecule is CC(=O)O[C@@H]1C[C@H]2[C@@H]3CC=C4C[C@@H](O[C@@H]5O[C@H](CO)[C@@H](O)[C@H](O)[C@H]5O)CC[C@]4(C)[C@H]3CC[C@]2(C)[C@H]1[C@H](C)C1=NCC(C)C(=O)C1. The van der Waals surface area contributed by atoms with Gasteiger partial charge in [-0.15, -0.1) is 0 Å². The van der Waals surface area contributed by atoms with Crippen molar-refractivity contribution in [1.29, 1.82) is 0 Å². The molecule has 6 aliphatic rings. The van der Waals surface area contributed by atoms with Gasteiger partial charge in [-0.2, -0.15) is 0 Å². The molecule has 45 heavy (non-hydrogen) atoms. The van der Waals surface area contributed by atoms with Gasteiger partial charge in [-0.25, -0.2) is 0 Å². The maximum Gasteiger partial charge on any atom is 0.302 e. The predicted octanol–water partition coefficient (Wildman–Crippen LogP) is 2.98. The molecule has 2 heterocycles. The molecule has 0 aromatic rings. The van der Waals surface area contributed by atoms with E-state index in [4.69, 9.17) is 19.2 Å². The van der Waals surface area contributed by atoms with Gasteiger partial charge in [-0.05, 0) is 73.5 Å². The van der Waals surface area contributed by atoms with Crippen molar-refractivity contribution in [1.82, 2.24) is 0 Å². The molecule has 1 unspecified atom stereocenters. The molecular weight excluding hydrogens is 578 g/mol. The average molecular weight is 632 g/mol. The van der Waals surface area contributed by atoms with Gasteiger partial charge in [0.05, 0.1) is 12.7 Å². The van der Waals surface area contributed by atoms with Crippen molar-refractivity contribution in [3.63, 3.8) is 0 Å². The maximum atomic E-state index is 12.7. The van der Waals surface area contributed by atoms with Crippen molar-refractivity contribution in [3.05, 3.63) is 11.6 Å². The van der Waals surface area contributed by atoms with Gasteiger partial charge in [0.1, 0.15) is 36.3 Å². The Hall–Kier alpha value is -1.69. The van der Waals surface area contributed by atoms with E-state index in [-0.39, 0.29) is 52.5 Å². The number of rotatable bonds is 6. The molecule has 0 bridgehead atoms. The summed E-state index contributed by atoms with van der Waals surface area (Å²) in [5.74, 6) is 1.51. The van der Waals surface area contributed by atoms with E-state index in [0.29, 0.717) is 37.1 Å². The molecule has 4 N–H and O–H groups in total. The minimum absolute atomic E-state index is 0.0100. The number of hydrogen-bond donors (Lipinski definition) is 4. The van der Waals surface area contributed by atoms with Crippen LogP contribution in [0.4, 0.5) is 0 Å². The van der Waals surface area contributed by atoms with Gasteiger partial charge >= 0.3 is 5.97 Å². The van der Waals surface area contributed by atoms with Gasteiger partial charge in [0, 0.05) is 43.4 Å². The zero-order valence-corrected chi connectivity index (χ0v) is 27.4. The highest BCUT2D eigenvalue weighted by Gasteiger charge is 2.63. The van der Waals surface area contributed by atoms with Crippen LogP contribution in [0.15, 0.2) is 16.6 Å². The lowest BCUT2D eigenvalue weighted by molar-refractivity contribution is -0.313. The lowest BCUT2D eigenvalue weighted by Gasteiger charge is -2.58. The highest BCUT2D eigenvalue weighted by Crippen LogP contribution is 2.67. The van der Waals surface area contributed by atoms with Gasteiger partial charge in [-0.1, -0.05) is 39.3 Å². The number of aliphatic hydroxyl groups excluding tert-OH is 4. The van der Waals surface area contributed by atoms with Crippen molar-refractivity contribution in [2.75, 3.05) is 13.2 Å². The quantitative estimate of drug-likeness (QED) is 0.256. The van der Waals surface area contributed by atoms with Crippen LogP contribution in [0.25, 0.3) is 0 Å². The smallest absolute Gasteiger partial charge is 0.302 e. The van der Waals surface area contributed by atoms with E-state index in [1.54, 1.807) is 0 Å². The lowest BCUT2D eigenvalue weighted by atomic mass is 9.47. The van der Waals surface area contributed by atoms with Gasteiger partial charge in [-0.3, -0.25) is 14.6 Å². The van der Waals surface area contributed by atoms with Crippen molar-refractivity contribution < 1.29 is 44.2 Å². The first-order valence-electron chi connectivity index (χ1n) is 17.2. The summed E-state index contributed by atoms with van der Waals surface area (Å²) in [6.07, 6.45) is 2.35. The lowest BCUT2D eigenvalue weighted by Crippen LogP contribution is -2.60. The molecule has 0 aromatic heterocycles. The van der Waals surface area contributed by atoms with Gasteiger partial charge < -0.3 is 34.6 Å². The largest absolute Gasteiger partial charge is 0.462 e. The molecule has 2 aliphatic heterocycles. The first-order chi connectivity index (χ1) is 21.3. The number of ketones is 1. The number of ether oxygens (including phenoxy) is 3. The van der Waals surface area contributed by atoms with Gasteiger partial charge in [0.15, 0.2) is 6.29 Å². The molecule has 0 amide bonds. The number of esters is 1. The van der Waals surface area contributed by atoms with Crippen LogP contribution < -0.4 is 0 Å². The Labute approximate surface area is 266 Å². The summed E-state index contributed by atoms with van der Waals surface area (Å²) in [6, 6.07) is 0. The third kappa shape index (κ3) is 5.65. The van der Waals surface area contributed by atoms with Crippen LogP contribution in [0.5, 0.6) is 0 Å². The number of aliphatic hydroxyl groups is 4. The molecule has 6 rings (SSSR count). The monoisotopic (exact) mass is 631 g/mol. The Morgan fingerprint density at radius 1 is 1.13 bits per heavy atom. The van der Waals surface area contributed by atoms with E-state index < -0.39 is 37.3 Å². The molecule has 15 atom stereocenters. The summed E-state index contributed by atoms with van der Waals surface area (Å²) in [4.78, 5) is 29.9. The summed E-state index contributed by atoms with van der Waals surface area (Å²) in [5, 5.41) is 40.5. The van der Waals surface area contributed by atoms with Crippen LogP contribution in [0.1, 0.15) is 86.0 Å². The van der Waals surface area contributed by atoms with Crippen molar-refractivity contribution >= 4 is 17.5 Å². The van der Waals surface area contributed by atoms with E-state index in [9.17, 15) is 30.0 Å². The fourth-order valence-electron chi connectivity index (χ4n) is 10.6. The number of carbonyl (C=O) groups excluding carboxylic acids is 2. The van der Waals surface area contributed by atoms with Gasteiger partial charge in [0.2, 0.25) is 0 Å². The molecule has 0 aromatic carbocycles. The Morgan fingerprint density at radius 3 is 2.58 bits per heavy atom. The normalized spacial score (nSPS) is 48.8. The van der Waals surface area contributed by atoms with Crippen LogP contribution in [0.2, 0.25) is 0 Å². The van der Waals surface area contributed by atoms with Gasteiger partial charge in [0.25, 0.3) is 0 Å². The molecule has 10 nitrogen and oxygen atoms in total. The molecule has 252 valence electrons. The molecular formula is C35H53NO9. The summed E-state index contributed by atoms with van der Waals surface area (Å²) in [5.41, 5.74) is 2.33. The first-order valence-corrected chi connectivity index (χ1v) is 17.2. The molecule has 10 heteroatoms. The Kier molecular flexibility index (Phi) is 9.15. The zero-order chi connectivity index (χ0) is 32.4. The average Bonchev–Trinajstić information content (AvgIpc) is 3.29. The van der Waals surface area contributed by atoms with E-state index in [1.165, 1.54) is 12.5 Å². The second kappa shape index (κ2) is 12.4. The first kappa shape index (κ1) is 33.2. The van der Waals surface area contributed by atoms with Crippen LogP contribution in [-0.4, -0.2) is 94.0 Å². The minimum Gasteiger partial charge on any atom is -0.462 e. The van der Waals surface area contributed by atoms with E-state index in [2.05, 4.69) is 26.8 Å². The Balaban J connectivity index is 1.20. The van der Waals surface area contributed by atoms with E-state index in [1.807, 2.05) is 6.92 Å². The molecule has 1 saturated heterocycles. The molecule has 4 fully saturated rings. The van der Waals surface area contributed by atoms with Crippen molar-refractivity contribution in [3.8, 4) is 0 Å². The molecule has 4 aliphatic carbocycles. The zero-order valence-electron chi connectivity index (χ0n) is 27.4.